The summed E-state index contributed by atoms with van der Waals surface area (Å²) in [5.74, 6) is 0.475. The van der Waals surface area contributed by atoms with Crippen molar-refractivity contribution >= 4 is 27.6 Å². The van der Waals surface area contributed by atoms with E-state index in [-0.39, 0.29) is 11.9 Å². The lowest BCUT2D eigenvalue weighted by Gasteiger charge is -2.22. The van der Waals surface area contributed by atoms with Crippen LogP contribution in [-0.2, 0) is 0 Å². The lowest BCUT2D eigenvalue weighted by atomic mass is 9.97. The predicted molar refractivity (Wildman–Crippen MR) is 80.9 cm³/mol. The quantitative estimate of drug-likeness (QED) is 0.862. The fourth-order valence-corrected chi connectivity index (χ4v) is 3.45. The smallest absolute Gasteiger partial charge is 0.270 e. The van der Waals surface area contributed by atoms with Gasteiger partial charge < -0.3 is 5.32 Å². The van der Waals surface area contributed by atoms with Crippen LogP contribution in [-0.4, -0.2) is 21.9 Å². The molecule has 0 bridgehead atoms. The minimum absolute atomic E-state index is 0.0707. The third kappa shape index (κ3) is 2.82. The summed E-state index contributed by atoms with van der Waals surface area (Å²) < 4.78 is 1.02. The number of fused-ring (bicyclic) bond motifs is 1. The predicted octanol–water partition coefficient (Wildman–Crippen LogP) is 3.39. The van der Waals surface area contributed by atoms with Gasteiger partial charge in [-0.25, -0.2) is 9.97 Å². The van der Waals surface area contributed by atoms with Gasteiger partial charge in [0.15, 0.2) is 5.65 Å². The first-order valence-corrected chi connectivity index (χ1v) is 8.13. The first-order valence-electron chi connectivity index (χ1n) is 7.25. The van der Waals surface area contributed by atoms with E-state index in [9.17, 15) is 4.79 Å². The van der Waals surface area contributed by atoms with Crippen LogP contribution in [0.25, 0.3) is 10.3 Å². The van der Waals surface area contributed by atoms with Crippen LogP contribution in [0.2, 0.25) is 0 Å². The zero-order valence-corrected chi connectivity index (χ0v) is 12.4. The second kappa shape index (κ2) is 5.87. The molecule has 2 heterocycles. The minimum Gasteiger partial charge on any atom is -0.348 e. The Balaban J connectivity index is 1.74. The summed E-state index contributed by atoms with van der Waals surface area (Å²) >= 11 is 1.54. The molecule has 2 aromatic heterocycles. The fraction of sp³-hybridized carbons (Fsp3) is 0.533. The van der Waals surface area contributed by atoms with E-state index in [1.807, 2.05) is 6.07 Å². The van der Waals surface area contributed by atoms with Crippen molar-refractivity contribution in [1.29, 1.82) is 0 Å². The van der Waals surface area contributed by atoms with Crippen molar-refractivity contribution < 1.29 is 4.79 Å². The van der Waals surface area contributed by atoms with Crippen LogP contribution in [0.3, 0.4) is 0 Å². The van der Waals surface area contributed by atoms with Crippen molar-refractivity contribution in [2.75, 3.05) is 0 Å². The van der Waals surface area contributed by atoms with Crippen LogP contribution >= 0.6 is 11.3 Å². The van der Waals surface area contributed by atoms with Crippen LogP contribution in [0.15, 0.2) is 17.6 Å². The van der Waals surface area contributed by atoms with E-state index < -0.39 is 0 Å². The molecular weight excluding hydrogens is 270 g/mol. The molecule has 1 saturated carbocycles. The van der Waals surface area contributed by atoms with Crippen molar-refractivity contribution in [3.05, 3.63) is 23.3 Å². The van der Waals surface area contributed by atoms with E-state index in [1.54, 1.807) is 22.9 Å². The summed E-state index contributed by atoms with van der Waals surface area (Å²) in [6.45, 7) is 2.23. The van der Waals surface area contributed by atoms with Gasteiger partial charge in [-0.3, -0.25) is 4.79 Å². The lowest BCUT2D eigenvalue weighted by Crippen LogP contribution is -2.39. The zero-order chi connectivity index (χ0) is 13.9. The number of carbonyl (C=O) groups excluding carboxylic acids is 1. The topological polar surface area (TPSA) is 54.9 Å². The van der Waals surface area contributed by atoms with Gasteiger partial charge >= 0.3 is 0 Å². The SMILES string of the molecule is CC1CCCCCC1NC(=O)c1ccc2scnc2n1. The maximum absolute atomic E-state index is 12.3. The molecule has 1 fully saturated rings. The number of rotatable bonds is 2. The number of carbonyl (C=O) groups is 1. The molecule has 2 aromatic rings. The second-order valence-corrected chi connectivity index (χ2v) is 6.45. The second-order valence-electron chi connectivity index (χ2n) is 5.57. The number of thiazole rings is 1. The van der Waals surface area contributed by atoms with Crippen molar-refractivity contribution in [3.63, 3.8) is 0 Å². The number of hydrogen-bond acceptors (Lipinski definition) is 4. The summed E-state index contributed by atoms with van der Waals surface area (Å²) in [6, 6.07) is 3.99. The van der Waals surface area contributed by atoms with Gasteiger partial charge in [0.2, 0.25) is 0 Å². The molecule has 0 aliphatic heterocycles. The molecule has 5 heteroatoms. The monoisotopic (exact) mass is 289 g/mol. The number of nitrogens with zero attached hydrogens (tertiary/aromatic N) is 2. The van der Waals surface area contributed by atoms with Crippen LogP contribution < -0.4 is 5.32 Å². The van der Waals surface area contributed by atoms with Crippen LogP contribution in [0, 0.1) is 5.92 Å². The Morgan fingerprint density at radius 1 is 1.30 bits per heavy atom. The number of pyridine rings is 1. The van der Waals surface area contributed by atoms with Gasteiger partial charge in [-0.05, 0) is 30.9 Å². The summed E-state index contributed by atoms with van der Waals surface area (Å²) in [6.07, 6.45) is 6.03. The molecule has 1 N–H and O–H groups in total. The van der Waals surface area contributed by atoms with Crippen LogP contribution in [0.4, 0.5) is 0 Å². The Hall–Kier alpha value is -1.49. The summed E-state index contributed by atoms with van der Waals surface area (Å²) in [5.41, 5.74) is 2.89. The number of amides is 1. The average molecular weight is 289 g/mol. The first kappa shape index (κ1) is 13.5. The van der Waals surface area contributed by atoms with Crippen molar-refractivity contribution in [1.82, 2.24) is 15.3 Å². The zero-order valence-electron chi connectivity index (χ0n) is 11.6. The molecule has 2 atom stereocenters. The van der Waals surface area contributed by atoms with Gasteiger partial charge in [0.25, 0.3) is 5.91 Å². The highest BCUT2D eigenvalue weighted by Gasteiger charge is 2.22. The van der Waals surface area contributed by atoms with Gasteiger partial charge in [0.1, 0.15) is 5.69 Å². The van der Waals surface area contributed by atoms with E-state index >= 15 is 0 Å². The van der Waals surface area contributed by atoms with Gasteiger partial charge in [0.05, 0.1) is 10.2 Å². The van der Waals surface area contributed by atoms with Crippen molar-refractivity contribution in [2.24, 2.45) is 5.92 Å². The van der Waals surface area contributed by atoms with Crippen molar-refractivity contribution in [3.8, 4) is 0 Å². The fourth-order valence-electron chi connectivity index (χ4n) is 2.83. The molecule has 3 rings (SSSR count). The first-order chi connectivity index (χ1) is 9.74. The standard InChI is InChI=1S/C15H19N3OS/c1-10-5-3-2-4-6-11(10)18-15(19)12-7-8-13-14(17-12)16-9-20-13/h7-11H,2-6H2,1H3,(H,18,19). The highest BCUT2D eigenvalue weighted by atomic mass is 32.1. The molecule has 20 heavy (non-hydrogen) atoms. The molecule has 106 valence electrons. The van der Waals surface area contributed by atoms with E-state index in [2.05, 4.69) is 22.2 Å². The Morgan fingerprint density at radius 2 is 2.15 bits per heavy atom. The molecule has 1 aliphatic rings. The Bertz CT molecular complexity index is 610. The number of hydrogen-bond donors (Lipinski definition) is 1. The van der Waals surface area contributed by atoms with E-state index in [1.165, 1.54) is 25.7 Å². The molecule has 1 aliphatic carbocycles. The van der Waals surface area contributed by atoms with Crippen LogP contribution in [0.1, 0.15) is 49.5 Å². The maximum atomic E-state index is 12.3. The van der Waals surface area contributed by atoms with Gasteiger partial charge in [-0.2, -0.15) is 0 Å². The Morgan fingerprint density at radius 3 is 3.05 bits per heavy atom. The minimum atomic E-state index is -0.0707. The normalized spacial score (nSPS) is 23.4. The van der Waals surface area contributed by atoms with Crippen LogP contribution in [0.5, 0.6) is 0 Å². The van der Waals surface area contributed by atoms with Gasteiger partial charge in [-0.15, -0.1) is 11.3 Å². The van der Waals surface area contributed by atoms with E-state index in [4.69, 9.17) is 0 Å². The molecule has 0 saturated heterocycles. The molecule has 2 unspecified atom stereocenters. The lowest BCUT2D eigenvalue weighted by molar-refractivity contribution is 0.0917. The van der Waals surface area contributed by atoms with Gasteiger partial charge in [-0.1, -0.05) is 26.2 Å². The Kier molecular flexibility index (Phi) is 3.96. The summed E-state index contributed by atoms with van der Waals surface area (Å²) in [5, 5.41) is 3.16. The molecule has 1 amide bonds. The molecule has 0 aromatic carbocycles. The summed E-state index contributed by atoms with van der Waals surface area (Å²) in [4.78, 5) is 20.8. The van der Waals surface area contributed by atoms with E-state index in [0.717, 1.165) is 11.1 Å². The molecule has 0 radical (unpaired) electrons. The largest absolute Gasteiger partial charge is 0.348 e. The van der Waals surface area contributed by atoms with E-state index in [0.29, 0.717) is 17.3 Å². The number of nitrogens with one attached hydrogen (secondary N) is 1. The highest BCUT2D eigenvalue weighted by Crippen LogP contribution is 2.23. The molecular formula is C15H19N3OS. The third-order valence-corrected chi connectivity index (χ3v) is 4.89. The van der Waals surface area contributed by atoms with Gasteiger partial charge in [0, 0.05) is 6.04 Å². The third-order valence-electron chi connectivity index (χ3n) is 4.10. The summed E-state index contributed by atoms with van der Waals surface area (Å²) in [7, 11) is 0. The molecule has 0 spiro atoms. The highest BCUT2D eigenvalue weighted by molar-refractivity contribution is 7.16. The Labute approximate surface area is 122 Å². The number of aromatic nitrogens is 2. The average Bonchev–Trinajstić information content (AvgIpc) is 2.83. The maximum Gasteiger partial charge on any atom is 0.270 e. The molecule has 4 nitrogen and oxygen atoms in total. The van der Waals surface area contributed by atoms with Crippen molar-refractivity contribution in [2.45, 2.75) is 45.1 Å².